The Morgan fingerprint density at radius 2 is 1.82 bits per heavy atom. The Morgan fingerprint density at radius 1 is 1.06 bits per heavy atom. The van der Waals surface area contributed by atoms with Gasteiger partial charge in [0.05, 0.1) is 5.70 Å². The number of rotatable bonds is 4. The highest BCUT2D eigenvalue weighted by atomic mass is 32.2. The lowest BCUT2D eigenvalue weighted by molar-refractivity contribution is -0.122. The number of para-hydroxylation sites is 1. The maximum atomic E-state index is 13.7. The van der Waals surface area contributed by atoms with Gasteiger partial charge in [-0.25, -0.2) is 0 Å². The zero-order valence-electron chi connectivity index (χ0n) is 19.6. The first kappa shape index (κ1) is 23.6. The second-order valence-corrected chi connectivity index (χ2v) is 11.5. The maximum Gasteiger partial charge on any atom is 0.271 e. The number of carbonyl (C=O) groups excluding carboxylic acids is 1. The Morgan fingerprint density at radius 3 is 2.56 bits per heavy atom. The van der Waals surface area contributed by atoms with Gasteiger partial charge in [0.15, 0.2) is 0 Å². The number of amides is 1. The van der Waals surface area contributed by atoms with E-state index in [1.165, 1.54) is 29.5 Å². The van der Waals surface area contributed by atoms with Crippen LogP contribution in [0.4, 0.5) is 5.69 Å². The number of thioether (sulfide) groups is 1. The number of anilines is 1. The number of thiocarbonyl (C=S) groups is 1. The Balaban J connectivity index is 1.69. The number of hydrogen-bond acceptors (Lipinski definition) is 6. The molecule has 2 aromatic rings. The molecule has 8 heteroatoms. The summed E-state index contributed by atoms with van der Waals surface area (Å²) >= 11 is 8.47. The smallest absolute Gasteiger partial charge is 0.271 e. The summed E-state index contributed by atoms with van der Waals surface area (Å²) in [5.41, 5.74) is 3.11. The van der Waals surface area contributed by atoms with Gasteiger partial charge in [-0.1, -0.05) is 74.4 Å². The predicted octanol–water partition coefficient (Wildman–Crippen LogP) is 4.28. The Hall–Kier alpha value is -2.16. The number of nitrogens with zero attached hydrogens (tertiary/aromatic N) is 3. The van der Waals surface area contributed by atoms with E-state index in [-0.39, 0.29) is 17.5 Å². The van der Waals surface area contributed by atoms with E-state index in [0.717, 1.165) is 60.3 Å². The highest BCUT2D eigenvalue weighted by Gasteiger charge is 2.39. The fourth-order valence-electron chi connectivity index (χ4n) is 5.13. The van der Waals surface area contributed by atoms with Crippen molar-refractivity contribution in [1.82, 2.24) is 9.47 Å². The molecule has 5 rings (SSSR count). The van der Waals surface area contributed by atoms with Crippen molar-refractivity contribution in [2.24, 2.45) is 0 Å². The van der Waals surface area contributed by atoms with Crippen molar-refractivity contribution in [3.63, 3.8) is 0 Å². The molecule has 1 aromatic carbocycles. The fraction of sp³-hybridized carbons (Fsp3) is 0.423. The summed E-state index contributed by atoms with van der Waals surface area (Å²) < 4.78 is 3.85. The third-order valence-electron chi connectivity index (χ3n) is 6.75. The minimum atomic E-state index is -0.0265. The van der Waals surface area contributed by atoms with Crippen LogP contribution in [0.3, 0.4) is 0 Å². The molecular weight excluding hydrogens is 483 g/mol. The van der Waals surface area contributed by atoms with Crippen molar-refractivity contribution in [2.75, 3.05) is 11.4 Å². The first-order valence-electron chi connectivity index (χ1n) is 12.1. The van der Waals surface area contributed by atoms with Gasteiger partial charge < -0.3 is 4.90 Å². The van der Waals surface area contributed by atoms with Crippen LogP contribution < -0.4 is 19.7 Å². The Labute approximate surface area is 213 Å². The van der Waals surface area contributed by atoms with Crippen molar-refractivity contribution < 1.29 is 4.79 Å². The van der Waals surface area contributed by atoms with E-state index < -0.39 is 0 Å². The SMILES string of the molecule is CCCn1c(=C2SC(=S)N(C3CCCCC3)C2=O)sc(=C2C=Cc3ccccc3N2CC)c1=O. The largest absolute Gasteiger partial charge is 0.340 e. The van der Waals surface area contributed by atoms with E-state index in [2.05, 4.69) is 37.0 Å². The van der Waals surface area contributed by atoms with Crippen molar-refractivity contribution in [3.05, 3.63) is 55.5 Å². The van der Waals surface area contributed by atoms with Crippen molar-refractivity contribution in [3.8, 4) is 0 Å². The highest BCUT2D eigenvalue weighted by Crippen LogP contribution is 2.37. The van der Waals surface area contributed by atoms with E-state index in [1.807, 2.05) is 23.1 Å². The van der Waals surface area contributed by atoms with Gasteiger partial charge in [-0.3, -0.25) is 19.1 Å². The minimum absolute atomic E-state index is 0.0257. The average Bonchev–Trinajstić information content (AvgIpc) is 3.34. The van der Waals surface area contributed by atoms with E-state index in [9.17, 15) is 9.59 Å². The average molecular weight is 512 g/mol. The summed E-state index contributed by atoms with van der Waals surface area (Å²) in [6.07, 6.45) is 10.4. The summed E-state index contributed by atoms with van der Waals surface area (Å²) in [5.74, 6) is -0.0265. The number of hydrogen-bond donors (Lipinski definition) is 0. The number of fused-ring (bicyclic) bond motifs is 1. The molecule has 1 aromatic heterocycles. The van der Waals surface area contributed by atoms with Crippen LogP contribution in [0.15, 0.2) is 35.1 Å². The number of carbonyl (C=O) groups is 1. The van der Waals surface area contributed by atoms with Crippen LogP contribution in [0.1, 0.15) is 57.9 Å². The lowest BCUT2D eigenvalue weighted by Crippen LogP contribution is -2.40. The Kier molecular flexibility index (Phi) is 6.82. The van der Waals surface area contributed by atoms with E-state index in [0.29, 0.717) is 20.3 Å². The molecule has 34 heavy (non-hydrogen) atoms. The maximum absolute atomic E-state index is 13.7. The van der Waals surface area contributed by atoms with Crippen molar-refractivity contribution >= 4 is 67.9 Å². The lowest BCUT2D eigenvalue weighted by atomic mass is 9.94. The Bertz CT molecular complexity index is 1350. The fourth-order valence-corrected chi connectivity index (χ4v) is 7.89. The molecule has 1 amide bonds. The second kappa shape index (κ2) is 9.84. The molecule has 0 atom stereocenters. The molecule has 0 bridgehead atoms. The number of aromatic nitrogens is 1. The summed E-state index contributed by atoms with van der Waals surface area (Å²) in [6.45, 7) is 5.49. The third kappa shape index (κ3) is 3.99. The monoisotopic (exact) mass is 511 g/mol. The second-order valence-electron chi connectivity index (χ2n) is 8.88. The van der Waals surface area contributed by atoms with E-state index in [1.54, 1.807) is 4.57 Å². The summed E-state index contributed by atoms with van der Waals surface area (Å²) in [5, 5.41) is 0. The van der Waals surface area contributed by atoms with Crippen LogP contribution in [0.5, 0.6) is 0 Å². The minimum Gasteiger partial charge on any atom is -0.340 e. The molecule has 0 spiro atoms. The van der Waals surface area contributed by atoms with Gasteiger partial charge in [0.2, 0.25) is 0 Å². The van der Waals surface area contributed by atoms with Crippen LogP contribution >= 0.6 is 35.3 Å². The first-order valence-corrected chi connectivity index (χ1v) is 14.2. The quantitative estimate of drug-likeness (QED) is 0.574. The summed E-state index contributed by atoms with van der Waals surface area (Å²) in [6, 6.07) is 8.42. The molecule has 1 saturated carbocycles. The standard InChI is InChI=1S/C26H29N3O2S3/c1-3-16-28-23(30)21(20-15-14-17-10-8-9-13-19(17)27(20)4-2)33-25(28)22-24(31)29(26(32)34-22)18-11-6-5-7-12-18/h8-10,13-15,18H,3-7,11-12,16H2,1-2H3. The molecule has 1 aliphatic carbocycles. The molecule has 0 radical (unpaired) electrons. The molecular formula is C26H29N3O2S3. The molecule has 1 saturated heterocycles. The van der Waals surface area contributed by atoms with E-state index >= 15 is 0 Å². The van der Waals surface area contributed by atoms with Gasteiger partial charge >= 0.3 is 0 Å². The number of benzene rings is 1. The van der Waals surface area contributed by atoms with Gasteiger partial charge in [-0.05, 0) is 43.9 Å². The lowest BCUT2D eigenvalue weighted by Gasteiger charge is -2.29. The zero-order valence-corrected chi connectivity index (χ0v) is 22.0. The molecule has 0 unspecified atom stereocenters. The summed E-state index contributed by atoms with van der Waals surface area (Å²) in [7, 11) is 0. The summed E-state index contributed by atoms with van der Waals surface area (Å²) in [4.78, 5) is 31.9. The van der Waals surface area contributed by atoms with E-state index in [4.69, 9.17) is 12.2 Å². The van der Waals surface area contributed by atoms with Crippen LogP contribution in [-0.2, 0) is 11.3 Å². The third-order valence-corrected chi connectivity index (χ3v) is 9.48. The molecule has 0 N–H and O–H groups in total. The molecule has 2 aliphatic heterocycles. The van der Waals surface area contributed by atoms with Gasteiger partial charge in [-0.2, -0.15) is 0 Å². The van der Waals surface area contributed by atoms with Gasteiger partial charge in [0, 0.05) is 24.8 Å². The van der Waals surface area contributed by atoms with Crippen molar-refractivity contribution in [1.29, 1.82) is 0 Å². The number of likely N-dealkylation sites (N-methyl/N-ethyl adjacent to an activating group) is 1. The van der Waals surface area contributed by atoms with Crippen LogP contribution in [0.25, 0.3) is 16.7 Å². The number of thiazole rings is 1. The van der Waals surface area contributed by atoms with Crippen LogP contribution in [0, 0.1) is 0 Å². The van der Waals surface area contributed by atoms with Crippen molar-refractivity contribution in [2.45, 2.75) is 65.0 Å². The predicted molar refractivity (Wildman–Crippen MR) is 147 cm³/mol. The van der Waals surface area contributed by atoms with Gasteiger partial charge in [-0.15, -0.1) is 11.3 Å². The normalized spacial score (nSPS) is 22.1. The van der Waals surface area contributed by atoms with Crippen LogP contribution in [-0.4, -0.2) is 32.3 Å². The first-order chi connectivity index (χ1) is 16.5. The molecule has 3 aliphatic rings. The van der Waals surface area contributed by atoms with Crippen LogP contribution in [0.2, 0.25) is 0 Å². The molecule has 178 valence electrons. The molecule has 5 nitrogen and oxygen atoms in total. The molecule has 3 heterocycles. The topological polar surface area (TPSA) is 45.6 Å². The van der Waals surface area contributed by atoms with Gasteiger partial charge in [0.25, 0.3) is 11.5 Å². The highest BCUT2D eigenvalue weighted by molar-refractivity contribution is 8.30. The van der Waals surface area contributed by atoms with Gasteiger partial charge in [0.1, 0.15) is 18.4 Å². The zero-order chi connectivity index (χ0) is 23.8. The molecule has 2 fully saturated rings.